The Kier molecular flexibility index (Phi) is 2.13. The standard InChI is InChI=1S/C15H20N2/c1-15(2,3)13-9-17(4)14-12(13)7-11(8-16-14)10-5-6-10/h7-10H,5-6H2,1-4H3. The van der Waals surface area contributed by atoms with E-state index in [0.717, 1.165) is 11.6 Å². The third kappa shape index (κ3) is 1.76. The van der Waals surface area contributed by atoms with E-state index in [-0.39, 0.29) is 5.41 Å². The Bertz CT molecular complexity index is 568. The number of nitrogens with zero attached hydrogens (tertiary/aromatic N) is 2. The van der Waals surface area contributed by atoms with Crippen LogP contribution in [0.2, 0.25) is 0 Å². The smallest absolute Gasteiger partial charge is 0.139 e. The molecule has 0 bridgehead atoms. The number of rotatable bonds is 1. The average molecular weight is 228 g/mol. The topological polar surface area (TPSA) is 17.8 Å². The van der Waals surface area contributed by atoms with Crippen molar-refractivity contribution >= 4 is 11.0 Å². The predicted octanol–water partition coefficient (Wildman–Crippen LogP) is 3.75. The molecule has 2 nitrogen and oxygen atoms in total. The lowest BCUT2D eigenvalue weighted by Gasteiger charge is -2.17. The molecule has 2 heteroatoms. The number of aromatic nitrogens is 2. The third-order valence-corrected chi connectivity index (χ3v) is 3.69. The van der Waals surface area contributed by atoms with Crippen LogP contribution in [0.3, 0.4) is 0 Å². The van der Waals surface area contributed by atoms with E-state index in [1.165, 1.54) is 29.4 Å². The molecule has 0 aliphatic heterocycles. The molecule has 1 saturated carbocycles. The zero-order chi connectivity index (χ0) is 12.2. The van der Waals surface area contributed by atoms with E-state index in [1.54, 1.807) is 0 Å². The fourth-order valence-corrected chi connectivity index (χ4v) is 2.51. The summed E-state index contributed by atoms with van der Waals surface area (Å²) in [5, 5.41) is 1.34. The van der Waals surface area contributed by atoms with Crippen molar-refractivity contribution in [1.29, 1.82) is 0 Å². The maximum absolute atomic E-state index is 4.64. The molecule has 0 unspecified atom stereocenters. The first kappa shape index (κ1) is 10.8. The van der Waals surface area contributed by atoms with Gasteiger partial charge in [-0.1, -0.05) is 20.8 Å². The predicted molar refractivity (Wildman–Crippen MR) is 71.4 cm³/mol. The summed E-state index contributed by atoms with van der Waals surface area (Å²) in [7, 11) is 2.08. The van der Waals surface area contributed by atoms with Crippen molar-refractivity contribution in [2.45, 2.75) is 44.9 Å². The van der Waals surface area contributed by atoms with E-state index >= 15 is 0 Å². The molecule has 0 amide bonds. The summed E-state index contributed by atoms with van der Waals surface area (Å²) >= 11 is 0. The van der Waals surface area contributed by atoms with Crippen molar-refractivity contribution in [3.8, 4) is 0 Å². The van der Waals surface area contributed by atoms with E-state index in [1.807, 2.05) is 0 Å². The van der Waals surface area contributed by atoms with Gasteiger partial charge in [-0.05, 0) is 41.4 Å². The van der Waals surface area contributed by atoms with Gasteiger partial charge in [-0.3, -0.25) is 0 Å². The fourth-order valence-electron chi connectivity index (χ4n) is 2.51. The number of hydrogen-bond donors (Lipinski definition) is 0. The molecule has 0 aromatic carbocycles. The lowest BCUT2D eigenvalue weighted by atomic mass is 9.87. The first-order valence-electron chi connectivity index (χ1n) is 6.42. The van der Waals surface area contributed by atoms with Crippen LogP contribution < -0.4 is 0 Å². The van der Waals surface area contributed by atoms with Gasteiger partial charge in [0.05, 0.1) is 0 Å². The number of fused-ring (bicyclic) bond motifs is 1. The monoisotopic (exact) mass is 228 g/mol. The molecule has 2 aromatic heterocycles. The molecule has 90 valence electrons. The van der Waals surface area contributed by atoms with Crippen LogP contribution in [0, 0.1) is 0 Å². The van der Waals surface area contributed by atoms with E-state index in [9.17, 15) is 0 Å². The zero-order valence-electron chi connectivity index (χ0n) is 11.1. The second kappa shape index (κ2) is 3.34. The van der Waals surface area contributed by atoms with E-state index in [0.29, 0.717) is 0 Å². The molecule has 2 aromatic rings. The van der Waals surface area contributed by atoms with E-state index in [4.69, 9.17) is 0 Å². The molecule has 0 spiro atoms. The normalized spacial score (nSPS) is 16.7. The highest BCUT2D eigenvalue weighted by atomic mass is 15.0. The fraction of sp³-hybridized carbons (Fsp3) is 0.533. The molecular weight excluding hydrogens is 208 g/mol. The van der Waals surface area contributed by atoms with Crippen molar-refractivity contribution in [3.05, 3.63) is 29.6 Å². The first-order valence-corrected chi connectivity index (χ1v) is 6.42. The Morgan fingerprint density at radius 3 is 2.59 bits per heavy atom. The Labute approximate surface area is 103 Å². The highest BCUT2D eigenvalue weighted by Crippen LogP contribution is 2.41. The van der Waals surface area contributed by atoms with Crippen LogP contribution in [-0.4, -0.2) is 9.55 Å². The van der Waals surface area contributed by atoms with Gasteiger partial charge in [-0.25, -0.2) is 4.98 Å². The van der Waals surface area contributed by atoms with Crippen molar-refractivity contribution < 1.29 is 0 Å². The van der Waals surface area contributed by atoms with E-state index < -0.39 is 0 Å². The van der Waals surface area contributed by atoms with Gasteiger partial charge in [-0.2, -0.15) is 0 Å². The summed E-state index contributed by atoms with van der Waals surface area (Å²) < 4.78 is 2.15. The maximum atomic E-state index is 4.64. The summed E-state index contributed by atoms with van der Waals surface area (Å²) in [5.74, 6) is 0.778. The second-order valence-electron chi connectivity index (χ2n) is 6.32. The lowest BCUT2D eigenvalue weighted by Crippen LogP contribution is -2.10. The molecule has 17 heavy (non-hydrogen) atoms. The zero-order valence-corrected chi connectivity index (χ0v) is 11.1. The van der Waals surface area contributed by atoms with Gasteiger partial charge in [0.2, 0.25) is 0 Å². The van der Waals surface area contributed by atoms with Crippen molar-refractivity contribution in [2.75, 3.05) is 0 Å². The molecule has 0 radical (unpaired) electrons. The summed E-state index contributed by atoms with van der Waals surface area (Å²) in [4.78, 5) is 4.64. The summed E-state index contributed by atoms with van der Waals surface area (Å²) in [6, 6.07) is 2.36. The van der Waals surface area contributed by atoms with Crippen molar-refractivity contribution in [3.63, 3.8) is 0 Å². The molecule has 2 heterocycles. The van der Waals surface area contributed by atoms with Gasteiger partial charge in [0.15, 0.2) is 0 Å². The number of pyridine rings is 1. The van der Waals surface area contributed by atoms with E-state index in [2.05, 4.69) is 55.8 Å². The molecule has 3 rings (SSSR count). The average Bonchev–Trinajstić information content (AvgIpc) is 3.03. The van der Waals surface area contributed by atoms with Gasteiger partial charge in [0.1, 0.15) is 5.65 Å². The SMILES string of the molecule is Cn1cc(C(C)(C)C)c2cc(C3CC3)cnc21. The van der Waals surface area contributed by atoms with Crippen LogP contribution in [0.4, 0.5) is 0 Å². The highest BCUT2D eigenvalue weighted by Gasteiger charge is 2.26. The minimum atomic E-state index is 0.184. The molecule has 0 atom stereocenters. The second-order valence-corrected chi connectivity index (χ2v) is 6.32. The minimum absolute atomic E-state index is 0.184. The maximum Gasteiger partial charge on any atom is 0.139 e. The van der Waals surface area contributed by atoms with Crippen LogP contribution >= 0.6 is 0 Å². The third-order valence-electron chi connectivity index (χ3n) is 3.69. The summed E-state index contributed by atoms with van der Waals surface area (Å²) in [6.45, 7) is 6.81. The Balaban J connectivity index is 2.24. The largest absolute Gasteiger partial charge is 0.335 e. The first-order chi connectivity index (χ1) is 7.97. The van der Waals surface area contributed by atoms with Crippen LogP contribution in [-0.2, 0) is 12.5 Å². The highest BCUT2D eigenvalue weighted by molar-refractivity contribution is 5.82. The number of aryl methyl sites for hydroxylation is 1. The Hall–Kier alpha value is -1.31. The molecule has 0 N–H and O–H groups in total. The molecule has 1 aliphatic rings. The van der Waals surface area contributed by atoms with Gasteiger partial charge < -0.3 is 4.57 Å². The van der Waals surface area contributed by atoms with Crippen LogP contribution in [0.15, 0.2) is 18.5 Å². The van der Waals surface area contributed by atoms with Crippen LogP contribution in [0.25, 0.3) is 11.0 Å². The molecular formula is C15H20N2. The van der Waals surface area contributed by atoms with Crippen molar-refractivity contribution in [2.24, 2.45) is 7.05 Å². The molecule has 1 fully saturated rings. The van der Waals surface area contributed by atoms with Crippen LogP contribution in [0.5, 0.6) is 0 Å². The van der Waals surface area contributed by atoms with Gasteiger partial charge in [0.25, 0.3) is 0 Å². The van der Waals surface area contributed by atoms with Crippen molar-refractivity contribution in [1.82, 2.24) is 9.55 Å². The Morgan fingerprint density at radius 1 is 1.29 bits per heavy atom. The van der Waals surface area contributed by atoms with Gasteiger partial charge in [-0.15, -0.1) is 0 Å². The summed E-state index contributed by atoms with van der Waals surface area (Å²) in [5.41, 5.74) is 4.13. The molecule has 0 saturated heterocycles. The quantitative estimate of drug-likeness (QED) is 0.727. The van der Waals surface area contributed by atoms with Gasteiger partial charge in [0, 0.05) is 24.8 Å². The lowest BCUT2D eigenvalue weighted by molar-refractivity contribution is 0.593. The minimum Gasteiger partial charge on any atom is -0.335 e. The summed E-state index contributed by atoms with van der Waals surface area (Å²) in [6.07, 6.45) is 6.97. The number of hydrogen-bond acceptors (Lipinski definition) is 1. The van der Waals surface area contributed by atoms with Gasteiger partial charge >= 0.3 is 0 Å². The Morgan fingerprint density at radius 2 is 2.00 bits per heavy atom. The molecule has 1 aliphatic carbocycles. The van der Waals surface area contributed by atoms with Crippen LogP contribution in [0.1, 0.15) is 50.7 Å².